The second-order valence-electron chi connectivity index (χ2n) is 6.95. The van der Waals surface area contributed by atoms with Crippen LogP contribution in [0.25, 0.3) is 11.4 Å². The van der Waals surface area contributed by atoms with Crippen LogP contribution in [0.1, 0.15) is 24.3 Å². The van der Waals surface area contributed by atoms with Gasteiger partial charge in [-0.3, -0.25) is 10.0 Å². The Morgan fingerprint density at radius 3 is 2.66 bits per heavy atom. The maximum Gasteiger partial charge on any atom is 0.413 e. The molecule has 0 aliphatic rings. The van der Waals surface area contributed by atoms with E-state index in [2.05, 4.69) is 25.3 Å². The molecule has 3 rings (SSSR count). The molecule has 3 aromatic rings. The van der Waals surface area contributed by atoms with E-state index in [1.165, 1.54) is 35.0 Å². The number of hydrogen-bond acceptors (Lipinski definition) is 7. The minimum atomic E-state index is -3.47. The zero-order chi connectivity index (χ0) is 23.6. The van der Waals surface area contributed by atoms with Crippen molar-refractivity contribution in [3.8, 4) is 11.4 Å². The number of rotatable bonds is 6. The highest BCUT2D eigenvalue weighted by atomic mass is 35.5. The molecule has 0 spiro atoms. The Morgan fingerprint density at radius 2 is 2.00 bits per heavy atom. The lowest BCUT2D eigenvalue weighted by Gasteiger charge is -2.16. The number of halogens is 2. The van der Waals surface area contributed by atoms with Crippen LogP contribution in [-0.4, -0.2) is 40.7 Å². The average molecular weight is 483 g/mol. The van der Waals surface area contributed by atoms with Crippen molar-refractivity contribution in [3.05, 3.63) is 52.4 Å². The average Bonchev–Trinajstić information content (AvgIpc) is 3.04. The molecule has 2 aromatic heterocycles. The molecule has 32 heavy (non-hydrogen) atoms. The smallest absolute Gasteiger partial charge is 0.413 e. The van der Waals surface area contributed by atoms with Crippen molar-refractivity contribution in [1.82, 2.24) is 20.0 Å². The van der Waals surface area contributed by atoms with E-state index in [-0.39, 0.29) is 16.5 Å². The van der Waals surface area contributed by atoms with Crippen LogP contribution in [0.4, 0.5) is 20.7 Å². The SMILES string of the molecule is Cc1nc(-c2nnn(C)c2NC(=O)O[C@H](C)c2cc(F)ccc2Cl)ccc1NS(C)(=O)=O. The number of benzene rings is 1. The van der Waals surface area contributed by atoms with Crippen molar-refractivity contribution in [2.45, 2.75) is 20.0 Å². The molecule has 0 fully saturated rings. The van der Waals surface area contributed by atoms with Gasteiger partial charge in [0.1, 0.15) is 11.9 Å². The molecular formula is C19H20ClFN6O4S. The molecule has 1 amide bonds. The first-order valence-corrected chi connectivity index (χ1v) is 11.5. The van der Waals surface area contributed by atoms with E-state index in [9.17, 15) is 17.6 Å². The summed E-state index contributed by atoms with van der Waals surface area (Å²) in [6.45, 7) is 3.18. The third-order valence-corrected chi connectivity index (χ3v) is 5.29. The largest absolute Gasteiger partial charge is 0.441 e. The third-order valence-electron chi connectivity index (χ3n) is 4.35. The van der Waals surface area contributed by atoms with Gasteiger partial charge in [0, 0.05) is 17.6 Å². The number of aromatic nitrogens is 4. The quantitative estimate of drug-likeness (QED) is 0.548. The lowest BCUT2D eigenvalue weighted by molar-refractivity contribution is 0.121. The van der Waals surface area contributed by atoms with Crippen molar-refractivity contribution in [3.63, 3.8) is 0 Å². The predicted molar refractivity (Wildman–Crippen MR) is 117 cm³/mol. The van der Waals surface area contributed by atoms with Crippen molar-refractivity contribution < 1.29 is 22.3 Å². The Hall–Kier alpha value is -3.25. The zero-order valence-corrected chi connectivity index (χ0v) is 19.1. The molecule has 1 atom stereocenters. The second-order valence-corrected chi connectivity index (χ2v) is 9.11. The molecule has 0 radical (unpaired) electrons. The monoisotopic (exact) mass is 482 g/mol. The van der Waals surface area contributed by atoms with E-state index in [1.807, 2.05) is 0 Å². The van der Waals surface area contributed by atoms with Gasteiger partial charge in [-0.05, 0) is 44.2 Å². The van der Waals surface area contributed by atoms with Crippen molar-refractivity contribution in [2.24, 2.45) is 7.05 Å². The highest BCUT2D eigenvalue weighted by Gasteiger charge is 2.21. The van der Waals surface area contributed by atoms with Gasteiger partial charge in [0.2, 0.25) is 10.0 Å². The lowest BCUT2D eigenvalue weighted by atomic mass is 10.1. The molecule has 0 unspecified atom stereocenters. The number of carbonyl (C=O) groups is 1. The Morgan fingerprint density at radius 1 is 1.28 bits per heavy atom. The van der Waals surface area contributed by atoms with Crippen molar-refractivity contribution >= 4 is 39.2 Å². The minimum Gasteiger partial charge on any atom is -0.441 e. The standard InChI is InChI=1S/C19H20ClFN6O4S/c1-10-15(25-32(4,29)30)7-8-16(22-10)17-18(27(3)26-24-17)23-19(28)31-11(2)13-9-12(21)5-6-14(13)20/h5-9,11,25H,1-4H3,(H,23,28)/t11-/m1/s1. The van der Waals surface area contributed by atoms with E-state index in [0.29, 0.717) is 22.6 Å². The van der Waals surface area contributed by atoms with Crippen molar-refractivity contribution in [2.75, 3.05) is 16.3 Å². The summed E-state index contributed by atoms with van der Waals surface area (Å²) in [5, 5.41) is 10.7. The third kappa shape index (κ3) is 5.51. The number of nitrogens with one attached hydrogen (secondary N) is 2. The van der Waals surface area contributed by atoms with E-state index in [1.54, 1.807) is 20.9 Å². The fourth-order valence-electron chi connectivity index (χ4n) is 2.85. The van der Waals surface area contributed by atoms with Crippen molar-refractivity contribution in [1.29, 1.82) is 0 Å². The number of nitrogens with zero attached hydrogens (tertiary/aromatic N) is 4. The summed E-state index contributed by atoms with van der Waals surface area (Å²) >= 11 is 6.06. The van der Waals surface area contributed by atoms with Gasteiger partial charge in [0.25, 0.3) is 0 Å². The van der Waals surface area contributed by atoms with Crippen LogP contribution in [-0.2, 0) is 21.8 Å². The Labute approximate surface area is 188 Å². The molecule has 0 saturated heterocycles. The van der Waals surface area contributed by atoms with E-state index < -0.39 is 28.0 Å². The summed E-state index contributed by atoms with van der Waals surface area (Å²) in [6.07, 6.45) is -0.629. The molecule has 2 heterocycles. The number of anilines is 2. The van der Waals surface area contributed by atoms with Gasteiger partial charge < -0.3 is 4.74 Å². The molecule has 0 bridgehead atoms. The molecule has 2 N–H and O–H groups in total. The normalized spacial score (nSPS) is 12.3. The Kier molecular flexibility index (Phi) is 6.65. The molecule has 13 heteroatoms. The van der Waals surface area contributed by atoms with E-state index in [0.717, 1.165) is 6.26 Å². The summed E-state index contributed by atoms with van der Waals surface area (Å²) in [7, 11) is -1.91. The Balaban J connectivity index is 1.81. The molecule has 170 valence electrons. The maximum atomic E-state index is 13.5. The molecular weight excluding hydrogens is 463 g/mol. The van der Waals surface area contributed by atoms with Crippen LogP contribution in [0.2, 0.25) is 5.02 Å². The second kappa shape index (κ2) is 9.09. The topological polar surface area (TPSA) is 128 Å². The summed E-state index contributed by atoms with van der Waals surface area (Å²) < 4.78 is 45.4. The Bertz CT molecular complexity index is 1280. The van der Waals surface area contributed by atoms with Gasteiger partial charge >= 0.3 is 6.09 Å². The number of pyridine rings is 1. The highest BCUT2D eigenvalue weighted by molar-refractivity contribution is 7.92. The lowest BCUT2D eigenvalue weighted by Crippen LogP contribution is -2.18. The number of aryl methyl sites for hydroxylation is 2. The van der Waals surface area contributed by atoms with Crippen LogP contribution < -0.4 is 10.0 Å². The highest BCUT2D eigenvalue weighted by Crippen LogP contribution is 2.29. The van der Waals surface area contributed by atoms with Crippen LogP contribution in [0.15, 0.2) is 30.3 Å². The first-order chi connectivity index (χ1) is 14.9. The van der Waals surface area contributed by atoms with Crippen LogP contribution >= 0.6 is 11.6 Å². The van der Waals surface area contributed by atoms with Gasteiger partial charge in [0.15, 0.2) is 11.5 Å². The fourth-order valence-corrected chi connectivity index (χ4v) is 3.73. The predicted octanol–water partition coefficient (Wildman–Crippen LogP) is 3.66. The number of amides is 1. The van der Waals surface area contributed by atoms with E-state index in [4.69, 9.17) is 16.3 Å². The van der Waals surface area contributed by atoms with Crippen LogP contribution in [0, 0.1) is 12.7 Å². The summed E-state index contributed by atoms with van der Waals surface area (Å²) in [5.41, 5.74) is 1.63. The molecule has 0 aliphatic heterocycles. The maximum absolute atomic E-state index is 13.5. The van der Waals surface area contributed by atoms with Crippen LogP contribution in [0.3, 0.4) is 0 Å². The number of sulfonamides is 1. The van der Waals surface area contributed by atoms with Gasteiger partial charge in [-0.2, -0.15) is 0 Å². The van der Waals surface area contributed by atoms with Gasteiger partial charge in [-0.1, -0.05) is 16.8 Å². The molecule has 0 aliphatic carbocycles. The number of hydrogen-bond donors (Lipinski definition) is 2. The fraction of sp³-hybridized carbons (Fsp3) is 0.263. The summed E-state index contributed by atoms with van der Waals surface area (Å²) in [4.78, 5) is 16.8. The first kappa shape index (κ1) is 23.4. The summed E-state index contributed by atoms with van der Waals surface area (Å²) in [6, 6.07) is 6.84. The minimum absolute atomic E-state index is 0.197. The zero-order valence-electron chi connectivity index (χ0n) is 17.6. The van der Waals surface area contributed by atoms with E-state index >= 15 is 0 Å². The number of carbonyl (C=O) groups excluding carboxylic acids is 1. The molecule has 1 aromatic carbocycles. The van der Waals surface area contributed by atoms with Crippen LogP contribution in [0.5, 0.6) is 0 Å². The molecule has 0 saturated carbocycles. The summed E-state index contributed by atoms with van der Waals surface area (Å²) in [5.74, 6) is -0.308. The molecule has 10 nitrogen and oxygen atoms in total. The van der Waals surface area contributed by atoms with Gasteiger partial charge in [-0.15, -0.1) is 5.10 Å². The first-order valence-electron chi connectivity index (χ1n) is 9.22. The number of ether oxygens (including phenoxy) is 1. The van der Waals surface area contributed by atoms with Gasteiger partial charge in [0.05, 0.1) is 23.3 Å². The van der Waals surface area contributed by atoms with Gasteiger partial charge in [-0.25, -0.2) is 27.3 Å².